The van der Waals surface area contributed by atoms with E-state index < -0.39 is 17.8 Å². The number of halogens is 1. The molecule has 1 aliphatic rings. The molecule has 0 N–H and O–H groups in total. The zero-order valence-corrected chi connectivity index (χ0v) is 15.8. The summed E-state index contributed by atoms with van der Waals surface area (Å²) in [5.41, 5.74) is 1.27. The van der Waals surface area contributed by atoms with Crippen molar-refractivity contribution in [2.75, 3.05) is 6.54 Å². The van der Waals surface area contributed by atoms with Crippen LogP contribution < -0.4 is 0 Å². The summed E-state index contributed by atoms with van der Waals surface area (Å²) in [5, 5.41) is 4.29. The zero-order chi connectivity index (χ0) is 20.4. The molecular weight excluding hydrogens is 398 g/mol. The number of hydrogen-bond donors (Lipinski definition) is 0. The maximum atomic E-state index is 12.3. The molecule has 3 aromatic rings. The number of ether oxygens (including phenoxy) is 1. The van der Waals surface area contributed by atoms with Crippen molar-refractivity contribution in [3.63, 3.8) is 0 Å². The Kier molecular flexibility index (Phi) is 5.09. The Hall–Kier alpha value is -3.52. The van der Waals surface area contributed by atoms with Crippen LogP contribution in [0.4, 0.5) is 0 Å². The highest BCUT2D eigenvalue weighted by Crippen LogP contribution is 2.25. The largest absolute Gasteiger partial charge is 0.456 e. The molecule has 0 unspecified atom stereocenters. The van der Waals surface area contributed by atoms with Crippen molar-refractivity contribution < 1.29 is 23.6 Å². The fraction of sp³-hybridized carbons (Fsp3) is 0.150. The normalized spacial score (nSPS) is 12.9. The van der Waals surface area contributed by atoms with Crippen molar-refractivity contribution in [1.82, 2.24) is 15.0 Å². The number of esters is 1. The molecule has 2 amide bonds. The molecule has 0 aliphatic carbocycles. The number of aromatic nitrogens is 2. The van der Waals surface area contributed by atoms with Crippen LogP contribution in [-0.4, -0.2) is 39.4 Å². The maximum absolute atomic E-state index is 12.3. The molecule has 1 aromatic heterocycles. The van der Waals surface area contributed by atoms with Gasteiger partial charge in [-0.25, -0.2) is 0 Å². The summed E-state index contributed by atoms with van der Waals surface area (Å²) in [4.78, 5) is 41.7. The number of amides is 2. The van der Waals surface area contributed by atoms with E-state index in [0.717, 1.165) is 4.90 Å². The van der Waals surface area contributed by atoms with Gasteiger partial charge in [0.05, 0.1) is 22.6 Å². The predicted octanol–water partition coefficient (Wildman–Crippen LogP) is 3.12. The number of rotatable bonds is 6. The molecule has 0 fully saturated rings. The third kappa shape index (κ3) is 3.74. The highest BCUT2D eigenvalue weighted by molar-refractivity contribution is 6.33. The molecule has 4 rings (SSSR count). The minimum absolute atomic E-state index is 0.0696. The molecule has 0 bridgehead atoms. The third-order valence-corrected chi connectivity index (χ3v) is 4.69. The molecule has 2 aromatic carbocycles. The van der Waals surface area contributed by atoms with Gasteiger partial charge in [0, 0.05) is 12.1 Å². The van der Waals surface area contributed by atoms with Crippen LogP contribution in [0.1, 0.15) is 33.0 Å². The van der Waals surface area contributed by atoms with Crippen LogP contribution in [0.15, 0.2) is 53.1 Å². The van der Waals surface area contributed by atoms with Gasteiger partial charge in [0.2, 0.25) is 5.82 Å². The van der Waals surface area contributed by atoms with Crippen molar-refractivity contribution in [3.8, 4) is 11.4 Å². The second-order valence-corrected chi connectivity index (χ2v) is 6.62. The van der Waals surface area contributed by atoms with Gasteiger partial charge in [-0.05, 0) is 24.3 Å². The van der Waals surface area contributed by atoms with Crippen LogP contribution >= 0.6 is 11.6 Å². The number of fused-ring (bicyclic) bond motifs is 1. The Bertz CT molecular complexity index is 1080. The number of carbonyl (C=O) groups excluding carboxylic acids is 3. The van der Waals surface area contributed by atoms with Crippen LogP contribution in [0.2, 0.25) is 5.02 Å². The SMILES string of the molecule is O=C(CCN1C(=O)c2ccccc2C1=O)OCc1nc(-c2ccccc2Cl)no1. The number of nitrogens with zero attached hydrogens (tertiary/aromatic N) is 3. The minimum atomic E-state index is -0.598. The molecule has 8 nitrogen and oxygen atoms in total. The quantitative estimate of drug-likeness (QED) is 0.453. The van der Waals surface area contributed by atoms with Gasteiger partial charge < -0.3 is 9.26 Å². The van der Waals surface area contributed by atoms with E-state index in [1.165, 1.54) is 0 Å². The van der Waals surface area contributed by atoms with E-state index in [-0.39, 0.29) is 31.3 Å². The van der Waals surface area contributed by atoms with Gasteiger partial charge in [0.25, 0.3) is 17.7 Å². The second-order valence-electron chi connectivity index (χ2n) is 6.21. The van der Waals surface area contributed by atoms with Crippen LogP contribution in [-0.2, 0) is 16.1 Å². The van der Waals surface area contributed by atoms with Gasteiger partial charge in [-0.15, -0.1) is 0 Å². The third-order valence-electron chi connectivity index (χ3n) is 4.36. The summed E-state index contributed by atoms with van der Waals surface area (Å²) in [5.74, 6) is -1.04. The molecule has 9 heteroatoms. The molecule has 0 atom stereocenters. The zero-order valence-electron chi connectivity index (χ0n) is 15.0. The lowest BCUT2D eigenvalue weighted by Gasteiger charge is -2.12. The average molecular weight is 412 g/mol. The monoisotopic (exact) mass is 411 g/mol. The van der Waals surface area contributed by atoms with Crippen molar-refractivity contribution in [3.05, 3.63) is 70.6 Å². The molecule has 2 heterocycles. The fourth-order valence-electron chi connectivity index (χ4n) is 2.93. The summed E-state index contributed by atoms with van der Waals surface area (Å²) in [6, 6.07) is 13.5. The van der Waals surface area contributed by atoms with Crippen molar-refractivity contribution in [2.45, 2.75) is 13.0 Å². The lowest BCUT2D eigenvalue weighted by Crippen LogP contribution is -2.32. The lowest BCUT2D eigenvalue weighted by molar-refractivity contribution is -0.145. The van der Waals surface area contributed by atoms with E-state index >= 15 is 0 Å². The molecule has 0 spiro atoms. The molecule has 29 heavy (non-hydrogen) atoms. The van der Waals surface area contributed by atoms with Crippen LogP contribution in [0, 0.1) is 0 Å². The van der Waals surface area contributed by atoms with E-state index in [2.05, 4.69) is 10.1 Å². The van der Waals surface area contributed by atoms with Crippen LogP contribution in [0.3, 0.4) is 0 Å². The number of imide groups is 1. The lowest BCUT2D eigenvalue weighted by atomic mass is 10.1. The molecule has 0 saturated heterocycles. The average Bonchev–Trinajstić information content (AvgIpc) is 3.29. The van der Waals surface area contributed by atoms with E-state index in [0.29, 0.717) is 21.7 Å². The predicted molar refractivity (Wildman–Crippen MR) is 101 cm³/mol. The minimum Gasteiger partial charge on any atom is -0.456 e. The summed E-state index contributed by atoms with van der Waals surface area (Å²) in [7, 11) is 0. The van der Waals surface area contributed by atoms with Crippen molar-refractivity contribution in [1.29, 1.82) is 0 Å². The summed E-state index contributed by atoms with van der Waals surface area (Å²) >= 11 is 6.09. The second kappa shape index (κ2) is 7.84. The van der Waals surface area contributed by atoms with Gasteiger partial charge in [0.15, 0.2) is 6.61 Å². The van der Waals surface area contributed by atoms with Gasteiger partial charge in [-0.1, -0.05) is 41.0 Å². The van der Waals surface area contributed by atoms with Gasteiger partial charge >= 0.3 is 5.97 Å². The smallest absolute Gasteiger partial charge is 0.308 e. The summed E-state index contributed by atoms with van der Waals surface area (Å²) < 4.78 is 10.2. The van der Waals surface area contributed by atoms with Gasteiger partial charge in [-0.2, -0.15) is 4.98 Å². The first-order valence-corrected chi connectivity index (χ1v) is 9.10. The summed E-state index contributed by atoms with van der Waals surface area (Å²) in [6.07, 6.45) is -0.142. The molecule has 1 aliphatic heterocycles. The first kappa shape index (κ1) is 18.8. The van der Waals surface area contributed by atoms with Crippen molar-refractivity contribution >= 4 is 29.4 Å². The topological polar surface area (TPSA) is 103 Å². The summed E-state index contributed by atoms with van der Waals surface area (Å²) in [6.45, 7) is -0.293. The van der Waals surface area contributed by atoms with E-state index in [4.69, 9.17) is 20.9 Å². The first-order valence-electron chi connectivity index (χ1n) is 8.73. The molecule has 0 radical (unpaired) electrons. The molecular formula is C20H14ClN3O5. The standard InChI is InChI=1S/C20H14ClN3O5/c21-15-8-4-3-7-14(15)18-22-16(29-23-18)11-28-17(25)9-10-24-19(26)12-5-1-2-6-13(12)20(24)27/h1-8H,9-11H2. The van der Waals surface area contributed by atoms with Gasteiger partial charge in [0.1, 0.15) is 0 Å². The van der Waals surface area contributed by atoms with Crippen LogP contribution in [0.25, 0.3) is 11.4 Å². The Morgan fingerprint density at radius 2 is 1.62 bits per heavy atom. The van der Waals surface area contributed by atoms with Crippen LogP contribution in [0.5, 0.6) is 0 Å². The Labute approximate surface area is 170 Å². The maximum Gasteiger partial charge on any atom is 0.308 e. The Morgan fingerprint density at radius 3 is 2.28 bits per heavy atom. The Balaban J connectivity index is 1.31. The highest BCUT2D eigenvalue weighted by atomic mass is 35.5. The first-order chi connectivity index (χ1) is 14.0. The number of carbonyl (C=O) groups is 3. The number of benzene rings is 2. The van der Waals surface area contributed by atoms with E-state index in [1.54, 1.807) is 48.5 Å². The number of hydrogen-bond acceptors (Lipinski definition) is 7. The Morgan fingerprint density at radius 1 is 1.00 bits per heavy atom. The fourth-order valence-corrected chi connectivity index (χ4v) is 3.15. The van der Waals surface area contributed by atoms with Crippen molar-refractivity contribution in [2.24, 2.45) is 0 Å². The molecule has 0 saturated carbocycles. The van der Waals surface area contributed by atoms with Gasteiger partial charge in [-0.3, -0.25) is 19.3 Å². The van der Waals surface area contributed by atoms with E-state index in [1.807, 2.05) is 0 Å². The highest BCUT2D eigenvalue weighted by Gasteiger charge is 2.35. The van der Waals surface area contributed by atoms with E-state index in [9.17, 15) is 14.4 Å². The molecule has 146 valence electrons.